The van der Waals surface area contributed by atoms with Gasteiger partial charge in [-0.1, -0.05) is 30.3 Å². The first-order valence-electron chi connectivity index (χ1n) is 10.2. The maximum atomic E-state index is 13.9. The van der Waals surface area contributed by atoms with E-state index in [1.807, 2.05) is 6.92 Å². The van der Waals surface area contributed by atoms with Crippen LogP contribution in [0.1, 0.15) is 38.8 Å². The van der Waals surface area contributed by atoms with Crippen LogP contribution in [-0.2, 0) is 16.6 Å². The van der Waals surface area contributed by atoms with Crippen LogP contribution in [0.2, 0.25) is 0 Å². The quantitative estimate of drug-likeness (QED) is 0.469. The van der Waals surface area contributed by atoms with Crippen molar-refractivity contribution in [2.24, 2.45) is 0 Å². The average molecular weight is 470 g/mol. The summed E-state index contributed by atoms with van der Waals surface area (Å²) in [5.74, 6) is -1.39. The fourth-order valence-corrected chi connectivity index (χ4v) is 4.22. The van der Waals surface area contributed by atoms with Crippen LogP contribution < -0.4 is 15.4 Å². The maximum absolute atomic E-state index is 13.9. The van der Waals surface area contributed by atoms with Gasteiger partial charge in [0.05, 0.1) is 10.6 Å². The van der Waals surface area contributed by atoms with E-state index in [0.717, 1.165) is 11.6 Å². The molecule has 0 radical (unpaired) electrons. The molecule has 3 N–H and O–H groups in total. The van der Waals surface area contributed by atoms with Gasteiger partial charge in [-0.3, -0.25) is 14.3 Å². The highest BCUT2D eigenvalue weighted by molar-refractivity contribution is 7.92. The predicted octanol–water partition coefficient (Wildman–Crippen LogP) is 3.61. The van der Waals surface area contributed by atoms with Gasteiger partial charge >= 0.3 is 0 Å². The minimum atomic E-state index is -4.11. The summed E-state index contributed by atoms with van der Waals surface area (Å²) >= 11 is 0. The molecule has 0 saturated heterocycles. The molecule has 9 heteroatoms. The first-order chi connectivity index (χ1) is 15.7. The minimum Gasteiger partial charge on any atom is -0.352 e. The molecule has 3 aromatic rings. The Labute approximate surface area is 192 Å². The molecule has 33 heavy (non-hydrogen) atoms. The summed E-state index contributed by atoms with van der Waals surface area (Å²) in [6.45, 7) is 4.16. The van der Waals surface area contributed by atoms with Gasteiger partial charge in [0.2, 0.25) is 0 Å². The second-order valence-electron chi connectivity index (χ2n) is 7.30. The SMILES string of the molecule is CCNC(=O)c1cccc(CNC(=O)c2cc(S(=O)(=O)Nc3ccccc3F)ccc2C)c1. The van der Waals surface area contributed by atoms with Crippen molar-refractivity contribution in [1.82, 2.24) is 10.6 Å². The standard InChI is InChI=1S/C24H24FN3O4S/c1-3-26-23(29)18-8-6-7-17(13-18)15-27-24(30)20-14-19(12-11-16(20)2)33(31,32)28-22-10-5-4-9-21(22)25/h4-14,28H,3,15H2,1-2H3,(H,26,29)(H,27,30). The molecule has 0 bridgehead atoms. The number of carbonyl (C=O) groups excluding carboxylic acids is 2. The van der Waals surface area contributed by atoms with E-state index >= 15 is 0 Å². The zero-order valence-corrected chi connectivity index (χ0v) is 19.0. The number of halogens is 1. The summed E-state index contributed by atoms with van der Waals surface area (Å²) in [5, 5.41) is 5.46. The van der Waals surface area contributed by atoms with Gasteiger partial charge < -0.3 is 10.6 Å². The van der Waals surface area contributed by atoms with Gasteiger partial charge in [0, 0.05) is 24.2 Å². The van der Waals surface area contributed by atoms with Crippen LogP contribution in [0, 0.1) is 12.7 Å². The fourth-order valence-electron chi connectivity index (χ4n) is 3.12. The summed E-state index contributed by atoms with van der Waals surface area (Å²) in [7, 11) is -4.11. The number of hydrogen-bond donors (Lipinski definition) is 3. The third kappa shape index (κ3) is 5.95. The summed E-state index contributed by atoms with van der Waals surface area (Å²) in [5.41, 5.74) is 1.76. The molecule has 0 unspecified atom stereocenters. The van der Waals surface area contributed by atoms with Crippen molar-refractivity contribution in [2.45, 2.75) is 25.3 Å². The van der Waals surface area contributed by atoms with Gasteiger partial charge in [-0.2, -0.15) is 0 Å². The minimum absolute atomic E-state index is 0.149. The lowest BCUT2D eigenvalue weighted by Crippen LogP contribution is -2.25. The van der Waals surface area contributed by atoms with E-state index in [1.165, 1.54) is 36.4 Å². The Morgan fingerprint density at radius 3 is 2.39 bits per heavy atom. The van der Waals surface area contributed by atoms with Crippen LogP contribution in [0.3, 0.4) is 0 Å². The molecule has 0 fully saturated rings. The van der Waals surface area contributed by atoms with Crippen LogP contribution in [0.25, 0.3) is 0 Å². The summed E-state index contributed by atoms with van der Waals surface area (Å²) < 4.78 is 41.5. The third-order valence-electron chi connectivity index (χ3n) is 4.86. The maximum Gasteiger partial charge on any atom is 0.262 e. The predicted molar refractivity (Wildman–Crippen MR) is 124 cm³/mol. The third-order valence-corrected chi connectivity index (χ3v) is 6.22. The zero-order chi connectivity index (χ0) is 24.0. The lowest BCUT2D eigenvalue weighted by atomic mass is 10.1. The molecule has 2 amide bonds. The number of para-hydroxylation sites is 1. The van der Waals surface area contributed by atoms with Crippen molar-refractivity contribution in [3.05, 3.63) is 94.8 Å². The van der Waals surface area contributed by atoms with Crippen molar-refractivity contribution in [3.63, 3.8) is 0 Å². The Balaban J connectivity index is 1.77. The van der Waals surface area contributed by atoms with Crippen molar-refractivity contribution in [1.29, 1.82) is 0 Å². The molecule has 0 atom stereocenters. The fraction of sp³-hybridized carbons (Fsp3) is 0.167. The molecule has 0 aliphatic heterocycles. The smallest absolute Gasteiger partial charge is 0.262 e. The largest absolute Gasteiger partial charge is 0.352 e. The molecule has 0 heterocycles. The molecule has 3 aromatic carbocycles. The molecule has 7 nitrogen and oxygen atoms in total. The van der Waals surface area contributed by atoms with E-state index in [1.54, 1.807) is 31.2 Å². The number of sulfonamides is 1. The van der Waals surface area contributed by atoms with Gasteiger partial charge in [0.15, 0.2) is 0 Å². The Kier molecular flexibility index (Phi) is 7.44. The van der Waals surface area contributed by atoms with E-state index in [2.05, 4.69) is 15.4 Å². The molecule has 3 rings (SSSR count). The summed E-state index contributed by atoms with van der Waals surface area (Å²) in [6.07, 6.45) is 0. The van der Waals surface area contributed by atoms with E-state index in [9.17, 15) is 22.4 Å². The highest BCUT2D eigenvalue weighted by Gasteiger charge is 2.19. The molecule has 0 aliphatic carbocycles. The first-order valence-corrected chi connectivity index (χ1v) is 11.7. The number of carbonyl (C=O) groups is 2. The van der Waals surface area contributed by atoms with Crippen LogP contribution >= 0.6 is 0 Å². The second-order valence-corrected chi connectivity index (χ2v) is 8.99. The summed E-state index contributed by atoms with van der Waals surface area (Å²) in [4.78, 5) is 24.6. The molecular formula is C24H24FN3O4S. The van der Waals surface area contributed by atoms with Crippen molar-refractivity contribution < 1.29 is 22.4 Å². The van der Waals surface area contributed by atoms with Gasteiger partial charge in [-0.05, 0) is 61.4 Å². The van der Waals surface area contributed by atoms with Crippen molar-refractivity contribution in [2.75, 3.05) is 11.3 Å². The zero-order valence-electron chi connectivity index (χ0n) is 18.2. The first kappa shape index (κ1) is 23.9. The average Bonchev–Trinajstić information content (AvgIpc) is 2.79. The molecule has 0 aromatic heterocycles. The lowest BCUT2D eigenvalue weighted by Gasteiger charge is -2.12. The summed E-state index contributed by atoms with van der Waals surface area (Å²) in [6, 6.07) is 16.4. The number of hydrogen-bond acceptors (Lipinski definition) is 4. The number of amides is 2. The lowest BCUT2D eigenvalue weighted by molar-refractivity contribution is 0.0946. The molecule has 0 aliphatic rings. The Bertz CT molecular complexity index is 1290. The Morgan fingerprint density at radius 1 is 0.909 bits per heavy atom. The second kappa shape index (κ2) is 10.3. The van der Waals surface area contributed by atoms with E-state index in [-0.39, 0.29) is 28.6 Å². The van der Waals surface area contributed by atoms with E-state index < -0.39 is 21.7 Å². The van der Waals surface area contributed by atoms with Crippen LogP contribution in [-0.4, -0.2) is 26.8 Å². The van der Waals surface area contributed by atoms with Crippen molar-refractivity contribution >= 4 is 27.5 Å². The number of anilines is 1. The van der Waals surface area contributed by atoms with Gasteiger partial charge in [-0.25, -0.2) is 12.8 Å². The molecule has 0 saturated carbocycles. The highest BCUT2D eigenvalue weighted by atomic mass is 32.2. The highest BCUT2D eigenvalue weighted by Crippen LogP contribution is 2.21. The van der Waals surface area contributed by atoms with Crippen molar-refractivity contribution in [3.8, 4) is 0 Å². The molecule has 172 valence electrons. The van der Waals surface area contributed by atoms with Gasteiger partial charge in [0.1, 0.15) is 5.82 Å². The topological polar surface area (TPSA) is 104 Å². The number of aryl methyl sites for hydroxylation is 1. The normalized spacial score (nSPS) is 11.0. The monoisotopic (exact) mass is 469 g/mol. The molecule has 0 spiro atoms. The molecular weight excluding hydrogens is 445 g/mol. The number of benzene rings is 3. The van der Waals surface area contributed by atoms with Crippen LogP contribution in [0.4, 0.5) is 10.1 Å². The Morgan fingerprint density at radius 2 is 1.67 bits per heavy atom. The van der Waals surface area contributed by atoms with E-state index in [0.29, 0.717) is 17.7 Å². The van der Waals surface area contributed by atoms with Crippen LogP contribution in [0.15, 0.2) is 71.6 Å². The Hall–Kier alpha value is -3.72. The van der Waals surface area contributed by atoms with E-state index in [4.69, 9.17) is 0 Å². The number of rotatable bonds is 8. The van der Waals surface area contributed by atoms with Crippen LogP contribution in [0.5, 0.6) is 0 Å². The number of nitrogens with one attached hydrogen (secondary N) is 3. The van der Waals surface area contributed by atoms with Gasteiger partial charge in [-0.15, -0.1) is 0 Å². The van der Waals surface area contributed by atoms with Gasteiger partial charge in [0.25, 0.3) is 21.8 Å².